The molecule has 3 rings (SSSR count). The van der Waals surface area contributed by atoms with Gasteiger partial charge in [-0.05, 0) is 17.3 Å². The molecule has 2 heterocycles. The molecule has 2 aromatic rings. The van der Waals surface area contributed by atoms with Gasteiger partial charge >= 0.3 is 5.97 Å². The summed E-state index contributed by atoms with van der Waals surface area (Å²) >= 11 is 0. The topological polar surface area (TPSA) is 251 Å². The van der Waals surface area contributed by atoms with Gasteiger partial charge in [-0.3, -0.25) is 9.69 Å². The lowest BCUT2D eigenvalue weighted by atomic mass is 10.1. The minimum Gasteiger partial charge on any atom is -0.480 e. The minimum absolute atomic E-state index is 0.147. The first-order chi connectivity index (χ1) is 15.9. The Labute approximate surface area is 195 Å². The van der Waals surface area contributed by atoms with Crippen molar-refractivity contribution in [3.8, 4) is 11.4 Å². The Morgan fingerprint density at radius 1 is 1.21 bits per heavy atom. The molecule has 0 amide bonds. The summed E-state index contributed by atoms with van der Waals surface area (Å²) in [5.41, 5.74) is 5.40. The molecule has 0 spiro atoms. The normalized spacial score (nSPS) is 16.5. The number of hydrogen-bond donors (Lipinski definition) is 6. The van der Waals surface area contributed by atoms with Crippen molar-refractivity contribution >= 4 is 31.7 Å². The quantitative estimate of drug-likeness (QED) is 0.177. The summed E-state index contributed by atoms with van der Waals surface area (Å²) in [4.78, 5) is 13.0. The Hall–Kier alpha value is -2.74. The van der Waals surface area contributed by atoms with Crippen LogP contribution in [0, 0.1) is 0 Å². The van der Waals surface area contributed by atoms with Gasteiger partial charge in [0.1, 0.15) is 9.79 Å². The summed E-state index contributed by atoms with van der Waals surface area (Å²) in [5, 5.41) is 37.4. The van der Waals surface area contributed by atoms with E-state index in [4.69, 9.17) is 16.0 Å². The molecule has 16 nitrogen and oxygen atoms in total. The molecule has 1 aromatic heterocycles. The van der Waals surface area contributed by atoms with Crippen LogP contribution >= 0.6 is 0 Å². The third-order valence-electron chi connectivity index (χ3n) is 5.10. The first-order valence-electron chi connectivity index (χ1n) is 9.94. The van der Waals surface area contributed by atoms with Crippen molar-refractivity contribution in [2.24, 2.45) is 10.9 Å². The monoisotopic (exact) mass is 519 g/mol. The first kappa shape index (κ1) is 25.9. The number of carboxylic acid groups (broad SMARTS) is 1. The van der Waals surface area contributed by atoms with Crippen molar-refractivity contribution in [1.82, 2.24) is 30.2 Å². The highest BCUT2D eigenvalue weighted by Gasteiger charge is 2.34. The second-order valence-corrected chi connectivity index (χ2v) is 10.7. The minimum atomic E-state index is -4.65. The summed E-state index contributed by atoms with van der Waals surface area (Å²) in [6.45, 7) is 0.539. The maximum atomic E-state index is 13.0. The number of sulfonamides is 2. The van der Waals surface area contributed by atoms with E-state index in [2.05, 4.69) is 25.3 Å². The summed E-state index contributed by atoms with van der Waals surface area (Å²) in [7, 11) is -9.11. The summed E-state index contributed by atoms with van der Waals surface area (Å²) in [5.74, 6) is -1.18. The summed E-state index contributed by atoms with van der Waals surface area (Å²) < 4.78 is 53.3. The van der Waals surface area contributed by atoms with Gasteiger partial charge in [-0.2, -0.15) is 5.21 Å². The molecule has 18 heteroatoms. The van der Waals surface area contributed by atoms with Crippen LogP contribution in [0.3, 0.4) is 0 Å². The fraction of sp³-hybridized carbons (Fsp3) is 0.500. The number of primary sulfonamides is 1. The van der Waals surface area contributed by atoms with Gasteiger partial charge in [-0.25, -0.2) is 26.7 Å². The van der Waals surface area contributed by atoms with E-state index in [1.807, 2.05) is 0 Å². The van der Waals surface area contributed by atoms with E-state index in [1.165, 1.54) is 6.07 Å². The van der Waals surface area contributed by atoms with Crippen LogP contribution in [0.5, 0.6) is 0 Å². The van der Waals surface area contributed by atoms with Crippen LogP contribution in [-0.4, -0.2) is 110 Å². The fourth-order valence-electron chi connectivity index (χ4n) is 3.50. The van der Waals surface area contributed by atoms with Crippen molar-refractivity contribution in [2.45, 2.75) is 15.9 Å². The molecule has 1 atom stereocenters. The molecule has 34 heavy (non-hydrogen) atoms. The van der Waals surface area contributed by atoms with Crippen LogP contribution in [0.25, 0.3) is 11.4 Å². The van der Waals surface area contributed by atoms with E-state index in [0.29, 0.717) is 26.2 Å². The SMILES string of the molecule is NCC(O)CNS(=O)(=O)c1ccc(N2CCN(CC(=O)O)CC2)c(-c2nn[nH]n2)c1S(N)(=O)=O. The number of nitrogens with zero attached hydrogens (tertiary/aromatic N) is 5. The molecule has 1 aliphatic rings. The van der Waals surface area contributed by atoms with Crippen LogP contribution in [-0.2, 0) is 24.8 Å². The van der Waals surface area contributed by atoms with Crippen molar-refractivity contribution in [1.29, 1.82) is 0 Å². The van der Waals surface area contributed by atoms with Crippen molar-refractivity contribution in [3.05, 3.63) is 12.1 Å². The van der Waals surface area contributed by atoms with E-state index in [9.17, 15) is 26.7 Å². The fourth-order valence-corrected chi connectivity index (χ4v) is 6.17. The highest BCUT2D eigenvalue weighted by Crippen LogP contribution is 2.38. The molecule has 0 bridgehead atoms. The molecule has 0 radical (unpaired) electrons. The van der Waals surface area contributed by atoms with E-state index < -0.39 is 48.5 Å². The largest absolute Gasteiger partial charge is 0.480 e. The summed E-state index contributed by atoms with van der Waals surface area (Å²) in [6.07, 6.45) is -1.19. The zero-order chi connectivity index (χ0) is 25.1. The number of rotatable bonds is 10. The van der Waals surface area contributed by atoms with Gasteiger partial charge in [-0.1, -0.05) is 0 Å². The predicted octanol–water partition coefficient (Wildman–Crippen LogP) is -3.68. The highest BCUT2D eigenvalue weighted by molar-refractivity contribution is 7.92. The number of nitrogens with one attached hydrogen (secondary N) is 2. The van der Waals surface area contributed by atoms with Gasteiger partial charge in [0.05, 0.1) is 18.2 Å². The molecule has 0 saturated carbocycles. The molecular weight excluding hydrogens is 494 g/mol. The van der Waals surface area contributed by atoms with Crippen LogP contribution in [0.2, 0.25) is 0 Å². The Balaban J connectivity index is 2.12. The molecule has 1 aromatic carbocycles. The smallest absolute Gasteiger partial charge is 0.317 e. The average Bonchev–Trinajstić information content (AvgIpc) is 3.30. The lowest BCUT2D eigenvalue weighted by Crippen LogP contribution is -2.48. The third kappa shape index (κ3) is 5.84. The number of anilines is 1. The van der Waals surface area contributed by atoms with Gasteiger partial charge in [0, 0.05) is 45.0 Å². The van der Waals surface area contributed by atoms with Crippen LogP contribution in [0.4, 0.5) is 5.69 Å². The van der Waals surface area contributed by atoms with Crippen LogP contribution < -0.4 is 20.5 Å². The number of carbonyl (C=O) groups is 1. The third-order valence-corrected chi connectivity index (χ3v) is 7.68. The Morgan fingerprint density at radius 2 is 1.88 bits per heavy atom. The Kier molecular flexibility index (Phi) is 7.81. The molecular formula is C16H25N9O7S2. The van der Waals surface area contributed by atoms with Crippen molar-refractivity contribution in [2.75, 3.05) is 50.7 Å². The van der Waals surface area contributed by atoms with Gasteiger partial charge in [0.2, 0.25) is 25.9 Å². The van der Waals surface area contributed by atoms with Crippen LogP contribution in [0.1, 0.15) is 0 Å². The Bertz CT molecular complexity index is 1230. The standard InChI is InChI=1S/C16H25N9O7S2/c17-7-10(26)8-19-34(31,32)12-2-1-11(25-5-3-24(4-6-25)9-13(27)28)14(15(12)33(18,29)30)16-20-22-23-21-16/h1-2,10,19,26H,3-9,17H2,(H,27,28)(H2,18,29,30)(H,20,21,22,23). The highest BCUT2D eigenvalue weighted by atomic mass is 32.2. The van der Waals surface area contributed by atoms with Crippen LogP contribution in [0.15, 0.2) is 21.9 Å². The number of aromatic nitrogens is 4. The van der Waals surface area contributed by atoms with Crippen molar-refractivity contribution in [3.63, 3.8) is 0 Å². The number of piperazine rings is 1. The van der Waals surface area contributed by atoms with Crippen molar-refractivity contribution < 1.29 is 31.8 Å². The average molecular weight is 520 g/mol. The molecule has 1 saturated heterocycles. The van der Waals surface area contributed by atoms with E-state index in [0.717, 1.165) is 6.07 Å². The zero-order valence-corrected chi connectivity index (χ0v) is 19.5. The van der Waals surface area contributed by atoms with E-state index >= 15 is 0 Å². The lowest BCUT2D eigenvalue weighted by Gasteiger charge is -2.36. The maximum absolute atomic E-state index is 13.0. The van der Waals surface area contributed by atoms with Gasteiger partial charge in [-0.15, -0.1) is 10.2 Å². The second kappa shape index (κ2) is 10.3. The summed E-state index contributed by atoms with van der Waals surface area (Å²) in [6, 6.07) is 2.47. The number of hydrogen-bond acceptors (Lipinski definition) is 12. The molecule has 1 fully saturated rings. The Morgan fingerprint density at radius 3 is 2.41 bits per heavy atom. The predicted molar refractivity (Wildman–Crippen MR) is 118 cm³/mol. The van der Waals surface area contributed by atoms with E-state index in [-0.39, 0.29) is 30.2 Å². The van der Waals surface area contributed by atoms with Gasteiger partial charge in [0.25, 0.3) is 0 Å². The van der Waals surface area contributed by atoms with E-state index in [1.54, 1.807) is 9.80 Å². The van der Waals surface area contributed by atoms with Gasteiger partial charge < -0.3 is 20.8 Å². The number of H-pyrrole nitrogens is 1. The number of aromatic amines is 1. The molecule has 188 valence electrons. The zero-order valence-electron chi connectivity index (χ0n) is 17.8. The molecule has 1 aliphatic heterocycles. The number of aliphatic hydroxyl groups excluding tert-OH is 1. The van der Waals surface area contributed by atoms with Gasteiger partial charge in [0.15, 0.2) is 0 Å². The number of tetrazole rings is 1. The molecule has 8 N–H and O–H groups in total. The first-order valence-corrected chi connectivity index (χ1v) is 13.0. The number of nitrogens with two attached hydrogens (primary N) is 2. The number of carboxylic acids is 1. The number of aliphatic hydroxyl groups is 1. The second-order valence-electron chi connectivity index (χ2n) is 7.47. The molecule has 0 aliphatic carbocycles. The number of benzene rings is 1. The lowest BCUT2D eigenvalue weighted by molar-refractivity contribution is -0.138. The number of aliphatic carboxylic acids is 1. The maximum Gasteiger partial charge on any atom is 0.317 e. The molecule has 1 unspecified atom stereocenters.